The van der Waals surface area contributed by atoms with Crippen LogP contribution in [0.15, 0.2) is 30.3 Å². The SMILES string of the molecule is Cc1cc2c(nc(O[C@@H](C)[C@@H]3CCCN3C)c3nnn([C@H]4CCN(C(=O)OC(C)(C)C)[C@H](CC#N)C4)c32)c(F)c1-c1nn(C)c2ccccc12. The second kappa shape index (κ2) is 12.8. The molecule has 2 saturated heterocycles. The number of pyridine rings is 1. The summed E-state index contributed by atoms with van der Waals surface area (Å²) < 4.78 is 33.0. The first kappa shape index (κ1) is 33.7. The van der Waals surface area contributed by atoms with Crippen molar-refractivity contribution in [1.82, 2.24) is 39.6 Å². The van der Waals surface area contributed by atoms with Gasteiger partial charge in [-0.1, -0.05) is 23.4 Å². The zero-order valence-corrected chi connectivity index (χ0v) is 29.8. The second-order valence-corrected chi connectivity index (χ2v) is 14.8. The lowest BCUT2D eigenvalue weighted by atomic mass is 9.95. The Hall–Kier alpha value is -4.83. The molecule has 262 valence electrons. The van der Waals surface area contributed by atoms with Gasteiger partial charge in [0.1, 0.15) is 28.4 Å². The van der Waals surface area contributed by atoms with Gasteiger partial charge >= 0.3 is 6.09 Å². The Morgan fingerprint density at radius 1 is 1.14 bits per heavy atom. The highest BCUT2D eigenvalue weighted by Crippen LogP contribution is 2.41. The van der Waals surface area contributed by atoms with E-state index in [-0.39, 0.29) is 36.0 Å². The van der Waals surface area contributed by atoms with Crippen molar-refractivity contribution in [3.8, 4) is 23.2 Å². The first-order chi connectivity index (χ1) is 23.9. The average Bonchev–Trinajstić information content (AvgIpc) is 3.79. The Labute approximate surface area is 290 Å². The van der Waals surface area contributed by atoms with Crippen LogP contribution in [0.25, 0.3) is 44.1 Å². The smallest absolute Gasteiger partial charge is 0.410 e. The van der Waals surface area contributed by atoms with E-state index < -0.39 is 23.6 Å². The summed E-state index contributed by atoms with van der Waals surface area (Å²) in [6.07, 6.45) is 2.53. The number of hydrogen-bond acceptors (Lipinski definition) is 9. The lowest BCUT2D eigenvalue weighted by Crippen LogP contribution is -2.48. The van der Waals surface area contributed by atoms with Gasteiger partial charge in [0.25, 0.3) is 0 Å². The summed E-state index contributed by atoms with van der Waals surface area (Å²) in [5.74, 6) is -0.262. The van der Waals surface area contributed by atoms with Gasteiger partial charge < -0.3 is 14.4 Å². The lowest BCUT2D eigenvalue weighted by molar-refractivity contribution is 0.00557. The molecule has 5 heterocycles. The molecule has 12 nitrogen and oxygen atoms in total. The number of hydrogen-bond donors (Lipinski definition) is 0. The van der Waals surface area contributed by atoms with Crippen LogP contribution in [-0.4, -0.2) is 89.6 Å². The fraction of sp³-hybridized carbons (Fsp3) is 0.514. The van der Waals surface area contributed by atoms with Crippen LogP contribution in [0.4, 0.5) is 9.18 Å². The maximum absolute atomic E-state index is 17.2. The molecule has 0 unspecified atom stereocenters. The monoisotopic (exact) mass is 681 g/mol. The standard InChI is InChI=1S/C37H44FN9O3/c1-21-19-26-32(30(38)29(21)31-25-11-8-9-12-28(25)45(7)42-31)40-35(49-22(2)27-13-10-17-44(27)6)33-34(26)47(43-41-33)24-15-18-46(23(20-24)14-16-39)36(48)50-37(3,4)5/h8-9,11-12,19,22-24,27H,10,13-15,17-18,20H2,1-7H3/t22-,23+,24-,27-/m0/s1. The number of rotatable bonds is 6. The molecule has 0 aliphatic carbocycles. The van der Waals surface area contributed by atoms with Crippen LogP contribution in [0.3, 0.4) is 0 Å². The second-order valence-electron chi connectivity index (χ2n) is 14.8. The molecule has 7 rings (SSSR count). The molecule has 2 aliphatic rings. The quantitative estimate of drug-likeness (QED) is 0.192. The molecule has 2 aliphatic heterocycles. The third-order valence-corrected chi connectivity index (χ3v) is 10.2. The highest BCUT2D eigenvalue weighted by Gasteiger charge is 2.37. The largest absolute Gasteiger partial charge is 0.471 e. The van der Waals surface area contributed by atoms with E-state index in [1.165, 1.54) is 0 Å². The van der Waals surface area contributed by atoms with Crippen molar-refractivity contribution in [3.63, 3.8) is 0 Å². The maximum Gasteiger partial charge on any atom is 0.410 e. The topological polar surface area (TPSA) is 127 Å². The predicted octanol–water partition coefficient (Wildman–Crippen LogP) is 6.70. The summed E-state index contributed by atoms with van der Waals surface area (Å²) in [5.41, 5.74) is 3.08. The number of amides is 1. The number of fused-ring (bicyclic) bond motifs is 4. The van der Waals surface area contributed by atoms with Crippen LogP contribution in [0.2, 0.25) is 0 Å². The Kier molecular flexibility index (Phi) is 8.62. The van der Waals surface area contributed by atoms with Gasteiger partial charge in [-0.25, -0.2) is 18.9 Å². The van der Waals surface area contributed by atoms with Crippen molar-refractivity contribution in [2.45, 2.75) is 96.6 Å². The van der Waals surface area contributed by atoms with Crippen LogP contribution in [0.1, 0.15) is 71.4 Å². The Balaban J connectivity index is 1.37. The summed E-state index contributed by atoms with van der Waals surface area (Å²) in [7, 11) is 3.94. The molecule has 50 heavy (non-hydrogen) atoms. The van der Waals surface area contributed by atoms with Crippen LogP contribution in [0, 0.1) is 24.1 Å². The van der Waals surface area contributed by atoms with Crippen molar-refractivity contribution in [1.29, 1.82) is 5.26 Å². The van der Waals surface area contributed by atoms with Gasteiger partial charge in [-0.05, 0) is 91.6 Å². The predicted molar refractivity (Wildman–Crippen MR) is 188 cm³/mol. The van der Waals surface area contributed by atoms with Crippen molar-refractivity contribution in [2.24, 2.45) is 7.05 Å². The highest BCUT2D eigenvalue weighted by molar-refractivity contribution is 6.07. The number of carbonyl (C=O) groups excluding carboxylic acids is 1. The van der Waals surface area contributed by atoms with Gasteiger partial charge in [0, 0.05) is 36.0 Å². The minimum absolute atomic E-state index is 0.139. The zero-order valence-electron chi connectivity index (χ0n) is 29.8. The van der Waals surface area contributed by atoms with E-state index in [1.54, 1.807) is 9.58 Å². The van der Waals surface area contributed by atoms with E-state index in [0.29, 0.717) is 52.6 Å². The summed E-state index contributed by atoms with van der Waals surface area (Å²) >= 11 is 0. The first-order valence-corrected chi connectivity index (χ1v) is 17.4. The Morgan fingerprint density at radius 3 is 2.64 bits per heavy atom. The number of aryl methyl sites for hydroxylation is 2. The molecule has 2 aromatic carbocycles. The zero-order chi connectivity index (χ0) is 35.5. The number of likely N-dealkylation sites (N-methyl/N-ethyl adjacent to an activating group) is 1. The fourth-order valence-electron chi connectivity index (χ4n) is 7.82. The van der Waals surface area contributed by atoms with E-state index in [0.717, 1.165) is 30.3 Å². The number of likely N-dealkylation sites (tertiary alicyclic amines) is 2. The molecular formula is C37H44FN9O3. The maximum atomic E-state index is 17.2. The molecule has 5 aromatic rings. The van der Waals surface area contributed by atoms with Crippen molar-refractivity contribution in [3.05, 3.63) is 41.7 Å². The van der Waals surface area contributed by atoms with Gasteiger partial charge in [0.2, 0.25) is 5.88 Å². The molecule has 0 saturated carbocycles. The van der Waals surface area contributed by atoms with Crippen molar-refractivity contribution < 1.29 is 18.7 Å². The third kappa shape index (κ3) is 5.89. The number of nitriles is 1. The number of carbonyl (C=O) groups is 1. The minimum Gasteiger partial charge on any atom is -0.471 e. The molecule has 3 aromatic heterocycles. The highest BCUT2D eigenvalue weighted by atomic mass is 19.1. The Bertz CT molecular complexity index is 2150. The molecule has 2 fully saturated rings. The minimum atomic E-state index is -0.664. The Morgan fingerprint density at radius 2 is 1.92 bits per heavy atom. The number of aromatic nitrogens is 6. The fourth-order valence-corrected chi connectivity index (χ4v) is 7.82. The summed E-state index contributed by atoms with van der Waals surface area (Å²) in [6.45, 7) is 10.7. The number of para-hydroxylation sites is 1. The lowest BCUT2D eigenvalue weighted by Gasteiger charge is -2.39. The van der Waals surface area contributed by atoms with Crippen molar-refractivity contribution in [2.75, 3.05) is 20.1 Å². The van der Waals surface area contributed by atoms with Gasteiger partial charge in [-0.15, -0.1) is 5.10 Å². The van der Waals surface area contributed by atoms with E-state index in [4.69, 9.17) is 19.6 Å². The number of ether oxygens (including phenoxy) is 2. The molecule has 1 amide bonds. The number of nitrogens with zero attached hydrogens (tertiary/aromatic N) is 9. The van der Waals surface area contributed by atoms with Gasteiger partial charge in [-0.3, -0.25) is 9.58 Å². The molecular weight excluding hydrogens is 637 g/mol. The molecule has 0 spiro atoms. The van der Waals surface area contributed by atoms with E-state index >= 15 is 4.39 Å². The van der Waals surface area contributed by atoms with Gasteiger partial charge in [0.05, 0.1) is 30.1 Å². The van der Waals surface area contributed by atoms with Gasteiger partial charge in [-0.2, -0.15) is 10.4 Å². The van der Waals surface area contributed by atoms with Crippen LogP contribution >= 0.6 is 0 Å². The van der Waals surface area contributed by atoms with Crippen LogP contribution in [0.5, 0.6) is 5.88 Å². The summed E-state index contributed by atoms with van der Waals surface area (Å²) in [4.78, 5) is 21.9. The molecule has 0 N–H and O–H groups in total. The van der Waals surface area contributed by atoms with Gasteiger partial charge in [0.15, 0.2) is 11.3 Å². The normalized spacial score (nSPS) is 20.9. The van der Waals surface area contributed by atoms with E-state index in [9.17, 15) is 10.1 Å². The van der Waals surface area contributed by atoms with E-state index in [2.05, 4.69) is 28.3 Å². The number of halogens is 1. The molecule has 13 heteroatoms. The molecule has 0 bridgehead atoms. The summed E-state index contributed by atoms with van der Waals surface area (Å²) in [5, 5.41) is 25.1. The number of benzene rings is 2. The van der Waals surface area contributed by atoms with E-state index in [1.807, 2.05) is 76.7 Å². The first-order valence-electron chi connectivity index (χ1n) is 17.4. The third-order valence-electron chi connectivity index (χ3n) is 10.2. The number of piperidine rings is 1. The molecule has 4 atom stereocenters. The van der Waals surface area contributed by atoms with Crippen LogP contribution in [-0.2, 0) is 11.8 Å². The van der Waals surface area contributed by atoms with Crippen LogP contribution < -0.4 is 4.74 Å². The van der Waals surface area contributed by atoms with Crippen molar-refractivity contribution >= 4 is 38.9 Å². The average molecular weight is 682 g/mol. The molecule has 0 radical (unpaired) electrons. The summed E-state index contributed by atoms with van der Waals surface area (Å²) in [6, 6.07) is 11.5.